The molecule has 0 fully saturated rings. The number of hydrogen-bond acceptors (Lipinski definition) is 5. The van der Waals surface area contributed by atoms with Crippen molar-refractivity contribution in [2.45, 2.75) is 19.9 Å². The van der Waals surface area contributed by atoms with Gasteiger partial charge in [-0.3, -0.25) is 20.2 Å². The molecule has 0 heterocycles. The minimum Gasteiger partial charge on any atom is -0.377 e. The van der Waals surface area contributed by atoms with E-state index in [1.165, 1.54) is 12.1 Å². The molecule has 1 aromatic rings. The fraction of sp³-hybridized carbons (Fsp3) is 0.333. The normalized spacial score (nSPS) is 10.2. The van der Waals surface area contributed by atoms with Crippen molar-refractivity contribution in [1.82, 2.24) is 0 Å². The van der Waals surface area contributed by atoms with E-state index in [0.29, 0.717) is 0 Å². The summed E-state index contributed by atoms with van der Waals surface area (Å²) in [6.45, 7) is 3.65. The Hall–Kier alpha value is -2.18. The van der Waals surface area contributed by atoms with Crippen LogP contribution in [0.5, 0.6) is 0 Å². The van der Waals surface area contributed by atoms with Crippen molar-refractivity contribution in [3.05, 3.63) is 38.4 Å². The maximum Gasteiger partial charge on any atom is 0.299 e. The summed E-state index contributed by atoms with van der Waals surface area (Å²) in [6, 6.07) is 3.54. The van der Waals surface area contributed by atoms with Crippen LogP contribution in [0.4, 0.5) is 17.1 Å². The molecule has 0 aliphatic carbocycles. The Balaban J connectivity index is 3.19. The SMILES string of the molecule is CC(C)Nc1ccc([N+](=O)[O-])cc1[N+](=O)[O-]. The number of anilines is 1. The van der Waals surface area contributed by atoms with Gasteiger partial charge in [0, 0.05) is 12.1 Å². The van der Waals surface area contributed by atoms with Gasteiger partial charge in [-0.1, -0.05) is 0 Å². The number of nitro groups is 2. The Kier molecular flexibility index (Phi) is 3.39. The summed E-state index contributed by atoms with van der Waals surface area (Å²) in [7, 11) is 0. The third-order valence-corrected chi connectivity index (χ3v) is 1.83. The lowest BCUT2D eigenvalue weighted by Gasteiger charge is -2.09. The summed E-state index contributed by atoms with van der Waals surface area (Å²) >= 11 is 0. The number of rotatable bonds is 4. The molecule has 0 aliphatic rings. The first-order valence-electron chi connectivity index (χ1n) is 4.61. The van der Waals surface area contributed by atoms with Gasteiger partial charge >= 0.3 is 0 Å². The molecule has 0 saturated carbocycles. The van der Waals surface area contributed by atoms with Crippen molar-refractivity contribution in [1.29, 1.82) is 0 Å². The van der Waals surface area contributed by atoms with E-state index in [2.05, 4.69) is 5.32 Å². The Morgan fingerprint density at radius 2 is 1.81 bits per heavy atom. The van der Waals surface area contributed by atoms with E-state index in [1.807, 2.05) is 13.8 Å². The standard InChI is InChI=1S/C9H11N3O4/c1-6(2)10-8-4-3-7(11(13)14)5-9(8)12(15)16/h3-6,10H,1-2H3. The van der Waals surface area contributed by atoms with Gasteiger partial charge in [0.25, 0.3) is 11.4 Å². The maximum atomic E-state index is 10.7. The van der Waals surface area contributed by atoms with Crippen molar-refractivity contribution in [2.24, 2.45) is 0 Å². The van der Waals surface area contributed by atoms with Gasteiger partial charge < -0.3 is 5.32 Å². The van der Waals surface area contributed by atoms with Crippen molar-refractivity contribution in [3.8, 4) is 0 Å². The van der Waals surface area contributed by atoms with Crippen LogP contribution >= 0.6 is 0 Å². The number of nitrogens with one attached hydrogen (secondary N) is 1. The van der Waals surface area contributed by atoms with Gasteiger partial charge in [0.2, 0.25) is 0 Å². The Labute approximate surface area is 91.4 Å². The molecule has 0 saturated heterocycles. The molecule has 0 atom stereocenters. The van der Waals surface area contributed by atoms with Crippen LogP contribution in [0.3, 0.4) is 0 Å². The highest BCUT2D eigenvalue weighted by atomic mass is 16.6. The van der Waals surface area contributed by atoms with Crippen molar-refractivity contribution >= 4 is 17.1 Å². The molecule has 16 heavy (non-hydrogen) atoms. The smallest absolute Gasteiger partial charge is 0.299 e. The second-order valence-corrected chi connectivity index (χ2v) is 3.51. The Morgan fingerprint density at radius 1 is 1.19 bits per heavy atom. The minimum atomic E-state index is -0.661. The molecular formula is C9H11N3O4. The van der Waals surface area contributed by atoms with Crippen LogP contribution in [0.1, 0.15) is 13.8 Å². The first-order valence-corrected chi connectivity index (χ1v) is 4.61. The monoisotopic (exact) mass is 225 g/mol. The average molecular weight is 225 g/mol. The van der Waals surface area contributed by atoms with Crippen molar-refractivity contribution < 1.29 is 9.85 Å². The van der Waals surface area contributed by atoms with E-state index in [0.717, 1.165) is 6.07 Å². The van der Waals surface area contributed by atoms with Crippen LogP contribution in [-0.2, 0) is 0 Å². The summed E-state index contributed by atoms with van der Waals surface area (Å²) in [6.07, 6.45) is 0. The number of benzene rings is 1. The van der Waals surface area contributed by atoms with Gasteiger partial charge in [-0.05, 0) is 19.9 Å². The second kappa shape index (κ2) is 4.56. The van der Waals surface area contributed by atoms with Crippen LogP contribution in [0.25, 0.3) is 0 Å². The molecule has 0 amide bonds. The molecule has 0 spiro atoms. The molecule has 7 heteroatoms. The average Bonchev–Trinajstić information content (AvgIpc) is 2.16. The van der Waals surface area contributed by atoms with E-state index in [4.69, 9.17) is 0 Å². The number of nitrogens with zero attached hydrogens (tertiary/aromatic N) is 2. The second-order valence-electron chi connectivity index (χ2n) is 3.51. The summed E-state index contributed by atoms with van der Waals surface area (Å²) in [5.74, 6) is 0. The van der Waals surface area contributed by atoms with Gasteiger partial charge in [0.1, 0.15) is 5.69 Å². The predicted octanol–water partition coefficient (Wildman–Crippen LogP) is 2.32. The van der Waals surface area contributed by atoms with Gasteiger partial charge in [-0.25, -0.2) is 0 Å². The molecule has 0 bridgehead atoms. The molecule has 1 N–H and O–H groups in total. The lowest BCUT2D eigenvalue weighted by atomic mass is 10.2. The fourth-order valence-electron chi connectivity index (χ4n) is 1.22. The first-order chi connectivity index (χ1) is 7.41. The molecular weight excluding hydrogens is 214 g/mol. The molecule has 86 valence electrons. The quantitative estimate of drug-likeness (QED) is 0.626. The lowest BCUT2D eigenvalue weighted by Crippen LogP contribution is -2.11. The summed E-state index contributed by atoms with van der Waals surface area (Å²) in [5.41, 5.74) is -0.297. The fourth-order valence-corrected chi connectivity index (χ4v) is 1.22. The number of hydrogen-bond donors (Lipinski definition) is 1. The summed E-state index contributed by atoms with van der Waals surface area (Å²) in [4.78, 5) is 19.9. The maximum absolute atomic E-state index is 10.7. The van der Waals surface area contributed by atoms with Crippen molar-refractivity contribution in [3.63, 3.8) is 0 Å². The molecule has 7 nitrogen and oxygen atoms in total. The largest absolute Gasteiger partial charge is 0.377 e. The number of nitro benzene ring substituents is 2. The molecule has 1 rings (SSSR count). The molecule has 0 aromatic heterocycles. The lowest BCUT2D eigenvalue weighted by molar-refractivity contribution is -0.393. The molecule has 0 radical (unpaired) electrons. The van der Waals surface area contributed by atoms with E-state index >= 15 is 0 Å². The predicted molar refractivity (Wildman–Crippen MR) is 58.5 cm³/mol. The van der Waals surface area contributed by atoms with Crippen LogP contribution in [0, 0.1) is 20.2 Å². The van der Waals surface area contributed by atoms with E-state index < -0.39 is 9.85 Å². The van der Waals surface area contributed by atoms with Crippen molar-refractivity contribution in [2.75, 3.05) is 5.32 Å². The third-order valence-electron chi connectivity index (χ3n) is 1.83. The van der Waals surface area contributed by atoms with Crippen LogP contribution < -0.4 is 5.32 Å². The van der Waals surface area contributed by atoms with Gasteiger partial charge in [-0.15, -0.1) is 0 Å². The molecule has 0 unspecified atom stereocenters. The van der Waals surface area contributed by atoms with E-state index in [1.54, 1.807) is 0 Å². The topological polar surface area (TPSA) is 98.3 Å². The highest BCUT2D eigenvalue weighted by Crippen LogP contribution is 2.29. The zero-order valence-electron chi connectivity index (χ0n) is 8.84. The first kappa shape index (κ1) is 11.9. The summed E-state index contributed by atoms with van der Waals surface area (Å²) in [5, 5.41) is 24.0. The Bertz CT molecular complexity index is 431. The molecule has 1 aromatic carbocycles. The zero-order valence-corrected chi connectivity index (χ0v) is 8.84. The highest BCUT2D eigenvalue weighted by molar-refractivity contribution is 5.65. The van der Waals surface area contributed by atoms with Gasteiger partial charge in [0.15, 0.2) is 0 Å². The van der Waals surface area contributed by atoms with Gasteiger partial charge in [0.05, 0.1) is 15.9 Å². The van der Waals surface area contributed by atoms with Gasteiger partial charge in [-0.2, -0.15) is 0 Å². The number of non-ortho nitro benzene ring substituents is 1. The van der Waals surface area contributed by atoms with E-state index in [9.17, 15) is 20.2 Å². The van der Waals surface area contributed by atoms with E-state index in [-0.39, 0.29) is 23.1 Å². The highest BCUT2D eigenvalue weighted by Gasteiger charge is 2.19. The zero-order chi connectivity index (χ0) is 12.3. The van der Waals surface area contributed by atoms with Crippen LogP contribution in [0.2, 0.25) is 0 Å². The Morgan fingerprint density at radius 3 is 2.25 bits per heavy atom. The molecule has 0 aliphatic heterocycles. The van der Waals surface area contributed by atoms with Crippen LogP contribution in [0.15, 0.2) is 18.2 Å². The summed E-state index contributed by atoms with van der Waals surface area (Å²) < 4.78 is 0. The van der Waals surface area contributed by atoms with Crippen LogP contribution in [-0.4, -0.2) is 15.9 Å². The minimum absolute atomic E-state index is 0.0140. The third kappa shape index (κ3) is 2.66.